The van der Waals surface area contributed by atoms with Crippen molar-refractivity contribution in [3.05, 3.63) is 46.5 Å². The zero-order chi connectivity index (χ0) is 18.7. The van der Waals surface area contributed by atoms with Crippen LogP contribution in [0.15, 0.2) is 24.3 Å². The first-order valence-corrected chi connectivity index (χ1v) is 7.60. The highest BCUT2D eigenvalue weighted by Crippen LogP contribution is 2.34. The molecule has 0 aromatic heterocycles. The molecule has 0 aliphatic heterocycles. The number of aromatic hydroxyl groups is 2. The van der Waals surface area contributed by atoms with E-state index in [4.69, 9.17) is 9.47 Å². The molecule has 6 heteroatoms. The van der Waals surface area contributed by atoms with Crippen molar-refractivity contribution in [1.29, 1.82) is 0 Å². The van der Waals surface area contributed by atoms with Gasteiger partial charge in [-0.2, -0.15) is 0 Å². The molecule has 0 radical (unpaired) electrons. The zero-order valence-corrected chi connectivity index (χ0v) is 14.5. The van der Waals surface area contributed by atoms with Gasteiger partial charge in [-0.3, -0.25) is 9.59 Å². The summed E-state index contributed by atoms with van der Waals surface area (Å²) >= 11 is 0. The Balaban J connectivity index is 2.59. The highest BCUT2D eigenvalue weighted by atomic mass is 16.5. The lowest BCUT2D eigenvalue weighted by Gasteiger charge is -2.15. The van der Waals surface area contributed by atoms with Crippen LogP contribution < -0.4 is 9.47 Å². The van der Waals surface area contributed by atoms with Crippen LogP contribution >= 0.6 is 0 Å². The smallest absolute Gasteiger partial charge is 0.163 e. The van der Waals surface area contributed by atoms with Crippen LogP contribution in [0.3, 0.4) is 0 Å². The summed E-state index contributed by atoms with van der Waals surface area (Å²) < 4.78 is 10.6. The van der Waals surface area contributed by atoms with Gasteiger partial charge in [0.25, 0.3) is 0 Å². The van der Waals surface area contributed by atoms with Crippen molar-refractivity contribution in [2.24, 2.45) is 0 Å². The molecule has 25 heavy (non-hydrogen) atoms. The van der Waals surface area contributed by atoms with E-state index in [1.165, 1.54) is 40.2 Å². The van der Waals surface area contributed by atoms with Crippen LogP contribution in [0.25, 0.3) is 0 Å². The van der Waals surface area contributed by atoms with Crippen molar-refractivity contribution in [2.45, 2.75) is 20.3 Å². The van der Waals surface area contributed by atoms with Crippen molar-refractivity contribution in [2.75, 3.05) is 14.2 Å². The first kappa shape index (κ1) is 18.3. The van der Waals surface area contributed by atoms with E-state index in [1.807, 2.05) is 0 Å². The largest absolute Gasteiger partial charge is 0.507 e. The Kier molecular flexibility index (Phi) is 5.32. The molecule has 0 saturated heterocycles. The van der Waals surface area contributed by atoms with Crippen LogP contribution in [-0.2, 0) is 6.42 Å². The summed E-state index contributed by atoms with van der Waals surface area (Å²) in [7, 11) is 2.92. The van der Waals surface area contributed by atoms with E-state index in [1.54, 1.807) is 12.1 Å². The second-order valence-electron chi connectivity index (χ2n) is 5.65. The lowest BCUT2D eigenvalue weighted by molar-refractivity contribution is 0.100. The molecule has 0 aliphatic carbocycles. The van der Waals surface area contributed by atoms with Gasteiger partial charge in [0.15, 0.2) is 11.6 Å². The van der Waals surface area contributed by atoms with Crippen molar-refractivity contribution in [3.8, 4) is 23.0 Å². The number of benzene rings is 2. The summed E-state index contributed by atoms with van der Waals surface area (Å²) in [5, 5.41) is 19.9. The van der Waals surface area contributed by atoms with Crippen LogP contribution in [0.5, 0.6) is 23.0 Å². The highest BCUT2D eigenvalue weighted by Gasteiger charge is 2.18. The van der Waals surface area contributed by atoms with E-state index < -0.39 is 0 Å². The molecular weight excluding hydrogens is 324 g/mol. The maximum absolute atomic E-state index is 11.7. The summed E-state index contributed by atoms with van der Waals surface area (Å²) in [5.41, 5.74) is 1.65. The van der Waals surface area contributed by atoms with Gasteiger partial charge in [-0.15, -0.1) is 0 Å². The van der Waals surface area contributed by atoms with Crippen LogP contribution in [0.1, 0.15) is 45.7 Å². The van der Waals surface area contributed by atoms with E-state index in [2.05, 4.69) is 0 Å². The van der Waals surface area contributed by atoms with E-state index in [0.29, 0.717) is 22.6 Å². The second-order valence-corrected chi connectivity index (χ2v) is 5.65. The molecule has 2 rings (SSSR count). The van der Waals surface area contributed by atoms with Crippen LogP contribution in [0, 0.1) is 0 Å². The molecule has 132 valence electrons. The van der Waals surface area contributed by atoms with E-state index in [0.717, 1.165) is 0 Å². The Labute approximate surface area is 145 Å². The van der Waals surface area contributed by atoms with Gasteiger partial charge >= 0.3 is 0 Å². The topological polar surface area (TPSA) is 93.1 Å². The number of ether oxygens (including phenoxy) is 2. The molecule has 0 fully saturated rings. The fourth-order valence-electron chi connectivity index (χ4n) is 2.65. The first-order chi connectivity index (χ1) is 11.8. The molecule has 0 spiro atoms. The molecule has 2 N–H and O–H groups in total. The number of hydrogen-bond acceptors (Lipinski definition) is 6. The van der Waals surface area contributed by atoms with Crippen molar-refractivity contribution in [3.63, 3.8) is 0 Å². The molecule has 6 nitrogen and oxygen atoms in total. The number of phenols is 2. The SMILES string of the molecule is COc1cc(O)c(C(C)=O)cc1Cc1cc(C(C)=O)c(O)cc1OC. The number of rotatable bonds is 6. The third kappa shape index (κ3) is 3.74. The molecule has 0 bridgehead atoms. The van der Waals surface area contributed by atoms with Gasteiger partial charge in [-0.1, -0.05) is 0 Å². The fraction of sp³-hybridized carbons (Fsp3) is 0.263. The van der Waals surface area contributed by atoms with Gasteiger partial charge in [0, 0.05) is 18.6 Å². The number of carbonyl (C=O) groups excluding carboxylic acids is 2. The summed E-state index contributed by atoms with van der Waals surface area (Å²) in [6.07, 6.45) is 0.285. The van der Waals surface area contributed by atoms with Gasteiger partial charge < -0.3 is 19.7 Å². The van der Waals surface area contributed by atoms with Crippen molar-refractivity contribution < 1.29 is 29.3 Å². The standard InChI is InChI=1S/C19H20O6/c1-10(20)14-6-12(18(24-3)8-16(14)22)5-13-7-15(11(2)21)17(23)9-19(13)25-4/h6-9,22-23H,5H2,1-4H3. The van der Waals surface area contributed by atoms with Gasteiger partial charge in [0.1, 0.15) is 23.0 Å². The van der Waals surface area contributed by atoms with Crippen LogP contribution in [0.2, 0.25) is 0 Å². The molecule has 2 aromatic rings. The Bertz CT molecular complexity index is 769. The minimum atomic E-state index is -0.275. The number of hydrogen-bond donors (Lipinski definition) is 2. The first-order valence-electron chi connectivity index (χ1n) is 7.60. The number of Topliss-reactive ketones (excluding diaryl/α,β-unsaturated/α-hetero) is 2. The second kappa shape index (κ2) is 7.25. The summed E-state index contributed by atoms with van der Waals surface area (Å²) in [5.74, 6) is -0.0543. The molecule has 0 atom stereocenters. The predicted octanol–water partition coefficient (Wildman–Crippen LogP) is 3.11. The molecule has 0 amide bonds. The highest BCUT2D eigenvalue weighted by molar-refractivity contribution is 5.98. The van der Waals surface area contributed by atoms with Gasteiger partial charge in [0.05, 0.1) is 25.3 Å². The van der Waals surface area contributed by atoms with Crippen molar-refractivity contribution in [1.82, 2.24) is 0 Å². The maximum Gasteiger partial charge on any atom is 0.163 e. The average molecular weight is 344 g/mol. The number of carbonyl (C=O) groups is 2. The molecule has 0 aliphatic rings. The monoisotopic (exact) mass is 344 g/mol. The Morgan fingerprint density at radius 1 is 0.800 bits per heavy atom. The van der Waals surface area contributed by atoms with Crippen LogP contribution in [0.4, 0.5) is 0 Å². The molecule has 0 saturated carbocycles. The third-order valence-electron chi connectivity index (χ3n) is 3.94. The third-order valence-corrected chi connectivity index (χ3v) is 3.94. The van der Waals surface area contributed by atoms with Gasteiger partial charge in [-0.05, 0) is 37.1 Å². The minimum Gasteiger partial charge on any atom is -0.507 e. The summed E-state index contributed by atoms with van der Waals surface area (Å²) in [6.45, 7) is 2.72. The molecule has 2 aromatic carbocycles. The lowest BCUT2D eigenvalue weighted by atomic mass is 9.96. The Hall–Kier alpha value is -3.02. The Morgan fingerprint density at radius 2 is 1.16 bits per heavy atom. The zero-order valence-electron chi connectivity index (χ0n) is 14.5. The minimum absolute atomic E-state index is 0.157. The summed E-state index contributed by atoms with van der Waals surface area (Å²) in [4.78, 5) is 23.4. The van der Waals surface area contributed by atoms with Gasteiger partial charge in [-0.25, -0.2) is 0 Å². The molecular formula is C19H20O6. The number of methoxy groups -OCH3 is 2. The number of ketones is 2. The van der Waals surface area contributed by atoms with Crippen molar-refractivity contribution >= 4 is 11.6 Å². The molecule has 0 heterocycles. The average Bonchev–Trinajstić information content (AvgIpc) is 2.56. The van der Waals surface area contributed by atoms with Crippen LogP contribution in [-0.4, -0.2) is 36.0 Å². The normalized spacial score (nSPS) is 10.4. The predicted molar refractivity (Wildman–Crippen MR) is 92.1 cm³/mol. The molecule has 0 unspecified atom stereocenters. The maximum atomic E-state index is 11.7. The number of phenolic OH excluding ortho intramolecular Hbond substituents is 2. The van der Waals surface area contributed by atoms with Gasteiger partial charge in [0.2, 0.25) is 0 Å². The van der Waals surface area contributed by atoms with E-state index in [9.17, 15) is 19.8 Å². The fourth-order valence-corrected chi connectivity index (χ4v) is 2.65. The quantitative estimate of drug-likeness (QED) is 0.782. The van der Waals surface area contributed by atoms with E-state index in [-0.39, 0.29) is 40.6 Å². The van der Waals surface area contributed by atoms with E-state index >= 15 is 0 Å². The summed E-state index contributed by atoms with van der Waals surface area (Å²) in [6, 6.07) is 5.86. The lowest BCUT2D eigenvalue weighted by Crippen LogP contribution is -2.03. The Morgan fingerprint density at radius 3 is 1.44 bits per heavy atom.